The third-order valence-corrected chi connectivity index (χ3v) is 2.20. The van der Waals surface area contributed by atoms with Gasteiger partial charge < -0.3 is 14.4 Å². The lowest BCUT2D eigenvalue weighted by Gasteiger charge is -2.06. The summed E-state index contributed by atoms with van der Waals surface area (Å²) in [5.74, 6) is -0.954. The molecule has 0 radical (unpaired) electrons. The molecule has 1 heterocycles. The lowest BCUT2D eigenvalue weighted by atomic mass is 10.3. The Hall–Kier alpha value is -2.51. The summed E-state index contributed by atoms with van der Waals surface area (Å²) < 4.78 is 23.0. The van der Waals surface area contributed by atoms with Gasteiger partial charge in [0.1, 0.15) is 6.61 Å². The predicted molar refractivity (Wildman–Crippen MR) is 75.2 cm³/mol. The van der Waals surface area contributed by atoms with Gasteiger partial charge in [0.2, 0.25) is 0 Å². The average Bonchev–Trinajstić information content (AvgIpc) is 2.45. The number of allylic oxidation sites excluding steroid dienone is 1. The van der Waals surface area contributed by atoms with Gasteiger partial charge in [-0.1, -0.05) is 6.08 Å². The molecule has 1 rings (SSSR count). The molecule has 0 amide bonds. The number of carbonyl (C=O) groups is 1. The zero-order valence-corrected chi connectivity index (χ0v) is 12.3. The van der Waals surface area contributed by atoms with Crippen molar-refractivity contribution in [1.82, 2.24) is 14.9 Å². The van der Waals surface area contributed by atoms with Crippen molar-refractivity contribution < 1.29 is 18.7 Å². The standard InChI is InChI=1S/C13H17FN4O3/c1-5-9(2)7-20-13(19)21-12-15-6-10(14)11(17-12)16-8-18(3)4/h5-6,8H,7H2,1-4H3/b9-5+,16-8?. The third-order valence-electron chi connectivity index (χ3n) is 2.20. The molecule has 0 N–H and O–H groups in total. The zero-order valence-electron chi connectivity index (χ0n) is 12.3. The van der Waals surface area contributed by atoms with E-state index in [9.17, 15) is 9.18 Å². The van der Waals surface area contributed by atoms with Crippen LogP contribution in [0.25, 0.3) is 0 Å². The number of ether oxygens (including phenoxy) is 2. The van der Waals surface area contributed by atoms with Crippen molar-refractivity contribution in [2.75, 3.05) is 20.7 Å². The molecule has 0 bridgehead atoms. The summed E-state index contributed by atoms with van der Waals surface area (Å²) in [4.78, 5) is 24.0. The number of hydrogen-bond acceptors (Lipinski definition) is 6. The van der Waals surface area contributed by atoms with E-state index in [4.69, 9.17) is 9.47 Å². The number of nitrogens with zero attached hydrogens (tertiary/aromatic N) is 4. The highest BCUT2D eigenvalue weighted by atomic mass is 19.1. The highest BCUT2D eigenvalue weighted by Gasteiger charge is 2.12. The summed E-state index contributed by atoms with van der Waals surface area (Å²) in [6.45, 7) is 3.72. The Morgan fingerprint density at radius 3 is 2.86 bits per heavy atom. The molecule has 0 aromatic carbocycles. The molecular weight excluding hydrogens is 279 g/mol. The van der Waals surface area contributed by atoms with Gasteiger partial charge in [0.05, 0.1) is 12.5 Å². The van der Waals surface area contributed by atoms with Crippen molar-refractivity contribution in [2.45, 2.75) is 13.8 Å². The first-order valence-corrected chi connectivity index (χ1v) is 6.12. The van der Waals surface area contributed by atoms with Gasteiger partial charge in [0.25, 0.3) is 0 Å². The fourth-order valence-corrected chi connectivity index (χ4v) is 1.01. The van der Waals surface area contributed by atoms with Crippen LogP contribution in [0.3, 0.4) is 0 Å². The second-order valence-corrected chi connectivity index (χ2v) is 4.31. The second-order valence-electron chi connectivity index (χ2n) is 4.31. The molecule has 7 nitrogen and oxygen atoms in total. The van der Waals surface area contributed by atoms with Gasteiger partial charge >= 0.3 is 12.2 Å². The van der Waals surface area contributed by atoms with Crippen molar-refractivity contribution in [3.63, 3.8) is 0 Å². The molecule has 114 valence electrons. The van der Waals surface area contributed by atoms with Gasteiger partial charge in [0, 0.05) is 14.1 Å². The van der Waals surface area contributed by atoms with E-state index in [0.717, 1.165) is 11.8 Å². The zero-order chi connectivity index (χ0) is 15.8. The van der Waals surface area contributed by atoms with E-state index in [-0.39, 0.29) is 18.4 Å². The molecule has 0 saturated carbocycles. The number of hydrogen-bond donors (Lipinski definition) is 0. The van der Waals surface area contributed by atoms with E-state index < -0.39 is 12.0 Å². The topological polar surface area (TPSA) is 76.9 Å². The van der Waals surface area contributed by atoms with Crippen LogP contribution in [0.5, 0.6) is 6.01 Å². The Morgan fingerprint density at radius 1 is 1.52 bits per heavy atom. The molecule has 1 aromatic rings. The van der Waals surface area contributed by atoms with Crippen molar-refractivity contribution in [2.24, 2.45) is 4.99 Å². The third kappa shape index (κ3) is 5.98. The smallest absolute Gasteiger partial charge is 0.429 e. The SMILES string of the molecule is C/C=C(\C)COC(=O)Oc1ncc(F)c(N=CN(C)C)n1. The maximum absolute atomic E-state index is 13.4. The predicted octanol–water partition coefficient (Wildman–Crippen LogP) is 2.32. The van der Waals surface area contributed by atoms with E-state index >= 15 is 0 Å². The van der Waals surface area contributed by atoms with Crippen LogP contribution < -0.4 is 4.74 Å². The van der Waals surface area contributed by atoms with E-state index in [2.05, 4.69) is 15.0 Å². The summed E-state index contributed by atoms with van der Waals surface area (Å²) in [5, 5.41) is 0. The molecule has 0 saturated heterocycles. The van der Waals surface area contributed by atoms with E-state index in [1.807, 2.05) is 6.92 Å². The Balaban J connectivity index is 2.71. The van der Waals surface area contributed by atoms with Gasteiger partial charge in [0.15, 0.2) is 11.6 Å². The Morgan fingerprint density at radius 2 is 2.24 bits per heavy atom. The number of halogens is 1. The Kier molecular flexibility index (Phi) is 6.25. The minimum absolute atomic E-state index is 0.0994. The van der Waals surface area contributed by atoms with Crippen LogP contribution in [0.15, 0.2) is 22.8 Å². The number of carbonyl (C=O) groups excluding carboxylic acids is 1. The molecule has 0 spiro atoms. The lowest BCUT2D eigenvalue weighted by Crippen LogP contribution is -2.14. The fourth-order valence-electron chi connectivity index (χ4n) is 1.01. The number of aromatic nitrogens is 2. The van der Waals surface area contributed by atoms with E-state index in [0.29, 0.717) is 0 Å². The molecule has 0 aliphatic heterocycles. The maximum Gasteiger partial charge on any atom is 0.516 e. The summed E-state index contributed by atoms with van der Waals surface area (Å²) >= 11 is 0. The van der Waals surface area contributed by atoms with Gasteiger partial charge in [-0.05, 0) is 19.4 Å². The Labute approximate surface area is 122 Å². The molecule has 1 aromatic heterocycles. The molecule has 0 fully saturated rings. The lowest BCUT2D eigenvalue weighted by molar-refractivity contribution is 0.104. The summed E-state index contributed by atoms with van der Waals surface area (Å²) in [5.41, 5.74) is 0.864. The van der Waals surface area contributed by atoms with Crippen LogP contribution in [0, 0.1) is 5.82 Å². The van der Waals surface area contributed by atoms with Gasteiger partial charge in [-0.2, -0.15) is 4.98 Å². The normalized spacial score (nSPS) is 11.6. The quantitative estimate of drug-likeness (QED) is 0.359. The van der Waals surface area contributed by atoms with Crippen molar-refractivity contribution in [3.05, 3.63) is 23.7 Å². The first-order valence-electron chi connectivity index (χ1n) is 6.12. The molecular formula is C13H17FN4O3. The van der Waals surface area contributed by atoms with Crippen LogP contribution >= 0.6 is 0 Å². The first-order chi connectivity index (χ1) is 9.92. The summed E-state index contributed by atoms with van der Waals surface area (Å²) in [6.07, 6.45) is 3.07. The number of rotatable bonds is 5. The number of aliphatic imine (C=N–C) groups is 1. The molecule has 0 aliphatic carbocycles. The average molecular weight is 296 g/mol. The van der Waals surface area contributed by atoms with E-state index in [1.54, 1.807) is 32.0 Å². The van der Waals surface area contributed by atoms with Gasteiger partial charge in [-0.25, -0.2) is 19.2 Å². The molecule has 0 atom stereocenters. The van der Waals surface area contributed by atoms with Crippen LogP contribution in [-0.2, 0) is 4.74 Å². The summed E-state index contributed by atoms with van der Waals surface area (Å²) in [7, 11) is 3.45. The largest absolute Gasteiger partial charge is 0.516 e. The first kappa shape index (κ1) is 16.5. The van der Waals surface area contributed by atoms with E-state index in [1.165, 1.54) is 6.34 Å². The van der Waals surface area contributed by atoms with Crippen LogP contribution in [-0.4, -0.2) is 48.1 Å². The molecule has 0 aliphatic rings. The molecule has 21 heavy (non-hydrogen) atoms. The monoisotopic (exact) mass is 296 g/mol. The highest BCUT2D eigenvalue weighted by molar-refractivity contribution is 5.63. The van der Waals surface area contributed by atoms with Gasteiger partial charge in [-0.15, -0.1) is 0 Å². The van der Waals surface area contributed by atoms with Crippen molar-refractivity contribution in [3.8, 4) is 6.01 Å². The highest BCUT2D eigenvalue weighted by Crippen LogP contribution is 2.16. The van der Waals surface area contributed by atoms with Gasteiger partial charge in [-0.3, -0.25) is 0 Å². The van der Waals surface area contributed by atoms with Crippen LogP contribution in [0.4, 0.5) is 15.0 Å². The minimum atomic E-state index is -0.967. The summed E-state index contributed by atoms with van der Waals surface area (Å²) in [6, 6.07) is -0.328. The fraction of sp³-hybridized carbons (Fsp3) is 0.385. The maximum atomic E-state index is 13.4. The van der Waals surface area contributed by atoms with Crippen molar-refractivity contribution >= 4 is 18.3 Å². The second kappa shape index (κ2) is 7.93. The Bertz CT molecular complexity index is 558. The minimum Gasteiger partial charge on any atom is -0.429 e. The van der Waals surface area contributed by atoms with Crippen LogP contribution in [0.1, 0.15) is 13.8 Å². The molecule has 0 unspecified atom stereocenters. The molecule has 8 heteroatoms. The van der Waals surface area contributed by atoms with Crippen molar-refractivity contribution in [1.29, 1.82) is 0 Å². The van der Waals surface area contributed by atoms with Crippen LogP contribution in [0.2, 0.25) is 0 Å².